The van der Waals surface area contributed by atoms with E-state index in [4.69, 9.17) is 4.74 Å². The van der Waals surface area contributed by atoms with Crippen molar-refractivity contribution in [2.45, 2.75) is 46.1 Å². The second-order valence-corrected chi connectivity index (χ2v) is 7.92. The van der Waals surface area contributed by atoms with E-state index in [9.17, 15) is 14.4 Å². The number of hydrogen-bond acceptors (Lipinski definition) is 4. The number of carbonyl (C=O) groups is 3. The van der Waals surface area contributed by atoms with E-state index in [1.54, 1.807) is 45.0 Å². The lowest BCUT2D eigenvalue weighted by atomic mass is 10.0. The van der Waals surface area contributed by atoms with Crippen molar-refractivity contribution in [3.63, 3.8) is 0 Å². The monoisotopic (exact) mass is 411 g/mol. The fourth-order valence-electron chi connectivity index (χ4n) is 2.71. The molecule has 30 heavy (non-hydrogen) atoms. The summed E-state index contributed by atoms with van der Waals surface area (Å²) in [6.07, 6.45) is 0.288. The standard InChI is InChI=1S/C23H29N3O4/c1-16-9-5-6-10-17(16)13-14-20(27)25-18-11-7-8-12-19(18)26-21(28)15-24-22(29)30-23(2,3)4/h5-12H,13-15H2,1-4H3,(H,24,29)(H,25,27)(H,26,28). The lowest BCUT2D eigenvalue weighted by Gasteiger charge is -2.19. The SMILES string of the molecule is Cc1ccccc1CCC(=O)Nc1ccccc1NC(=O)CNC(=O)OC(C)(C)C. The number of carbonyl (C=O) groups excluding carboxylic acids is 3. The van der Waals surface area contributed by atoms with Gasteiger partial charge in [-0.05, 0) is 57.4 Å². The third-order valence-electron chi connectivity index (χ3n) is 4.15. The molecule has 0 heterocycles. The van der Waals surface area contributed by atoms with Crippen molar-refractivity contribution in [2.24, 2.45) is 0 Å². The molecule has 0 aliphatic rings. The van der Waals surface area contributed by atoms with Crippen molar-refractivity contribution in [2.75, 3.05) is 17.2 Å². The molecule has 2 rings (SSSR count). The van der Waals surface area contributed by atoms with Crippen molar-refractivity contribution < 1.29 is 19.1 Å². The van der Waals surface area contributed by atoms with Gasteiger partial charge in [-0.25, -0.2) is 4.79 Å². The van der Waals surface area contributed by atoms with Crippen molar-refractivity contribution in [3.8, 4) is 0 Å². The van der Waals surface area contributed by atoms with E-state index in [0.29, 0.717) is 24.2 Å². The molecule has 3 amide bonds. The van der Waals surface area contributed by atoms with Gasteiger partial charge >= 0.3 is 6.09 Å². The van der Waals surface area contributed by atoms with E-state index in [1.807, 2.05) is 31.2 Å². The molecule has 160 valence electrons. The fraction of sp³-hybridized carbons (Fsp3) is 0.348. The molecule has 0 atom stereocenters. The quantitative estimate of drug-likeness (QED) is 0.641. The maximum absolute atomic E-state index is 12.4. The van der Waals surface area contributed by atoms with Crippen LogP contribution in [0.15, 0.2) is 48.5 Å². The summed E-state index contributed by atoms with van der Waals surface area (Å²) in [5.41, 5.74) is 2.59. The molecule has 0 fully saturated rings. The van der Waals surface area contributed by atoms with Crippen molar-refractivity contribution in [1.29, 1.82) is 0 Å². The molecular weight excluding hydrogens is 382 g/mol. The maximum Gasteiger partial charge on any atom is 0.408 e. The van der Waals surface area contributed by atoms with Crippen molar-refractivity contribution in [3.05, 3.63) is 59.7 Å². The molecule has 0 aliphatic carbocycles. The van der Waals surface area contributed by atoms with Crippen LogP contribution in [0.25, 0.3) is 0 Å². The third-order valence-corrected chi connectivity index (χ3v) is 4.15. The molecule has 2 aromatic carbocycles. The number of para-hydroxylation sites is 2. The Morgan fingerprint density at radius 1 is 0.867 bits per heavy atom. The van der Waals surface area contributed by atoms with Crippen LogP contribution in [0.3, 0.4) is 0 Å². The Balaban J connectivity index is 1.89. The second-order valence-electron chi connectivity index (χ2n) is 7.92. The first kappa shape index (κ1) is 22.9. The predicted molar refractivity (Wildman–Crippen MR) is 117 cm³/mol. The second kappa shape index (κ2) is 10.4. The van der Waals surface area contributed by atoms with Gasteiger partial charge in [-0.3, -0.25) is 9.59 Å². The number of aryl methyl sites for hydroxylation is 2. The summed E-state index contributed by atoms with van der Waals surface area (Å²) in [4.78, 5) is 36.2. The Morgan fingerprint density at radius 3 is 2.03 bits per heavy atom. The van der Waals surface area contributed by atoms with Crippen molar-refractivity contribution in [1.82, 2.24) is 5.32 Å². The van der Waals surface area contributed by atoms with Gasteiger partial charge in [0.25, 0.3) is 0 Å². The molecule has 7 heteroatoms. The number of alkyl carbamates (subject to hydrolysis) is 1. The largest absolute Gasteiger partial charge is 0.444 e. The van der Waals surface area contributed by atoms with Crippen LogP contribution in [0.1, 0.15) is 38.3 Å². The van der Waals surface area contributed by atoms with Gasteiger partial charge < -0.3 is 20.7 Å². The van der Waals surface area contributed by atoms with Crippen LogP contribution in [0.2, 0.25) is 0 Å². The summed E-state index contributed by atoms with van der Waals surface area (Å²) < 4.78 is 5.10. The van der Waals surface area contributed by atoms with E-state index in [0.717, 1.165) is 11.1 Å². The number of amides is 3. The highest BCUT2D eigenvalue weighted by Crippen LogP contribution is 2.21. The molecule has 0 spiro atoms. The van der Waals surface area contributed by atoms with Gasteiger partial charge in [0.2, 0.25) is 11.8 Å². The van der Waals surface area contributed by atoms with Gasteiger partial charge in [0.1, 0.15) is 12.1 Å². The first-order valence-corrected chi connectivity index (χ1v) is 9.84. The Hall–Kier alpha value is -3.35. The first-order valence-electron chi connectivity index (χ1n) is 9.84. The predicted octanol–water partition coefficient (Wildman–Crippen LogP) is 4.03. The molecule has 0 aromatic heterocycles. The minimum atomic E-state index is -0.671. The highest BCUT2D eigenvalue weighted by atomic mass is 16.6. The first-order chi connectivity index (χ1) is 14.1. The molecule has 0 saturated heterocycles. The van der Waals surface area contributed by atoms with Gasteiger partial charge in [-0.1, -0.05) is 36.4 Å². The maximum atomic E-state index is 12.4. The fourth-order valence-corrected chi connectivity index (χ4v) is 2.71. The minimum Gasteiger partial charge on any atom is -0.444 e. The average molecular weight is 412 g/mol. The Labute approximate surface area is 177 Å². The molecule has 0 radical (unpaired) electrons. The molecule has 0 bridgehead atoms. The van der Waals surface area contributed by atoms with Gasteiger partial charge in [0.05, 0.1) is 11.4 Å². The molecular formula is C23H29N3O4. The number of benzene rings is 2. The lowest BCUT2D eigenvalue weighted by Crippen LogP contribution is -2.37. The van der Waals surface area contributed by atoms with Gasteiger partial charge in [0.15, 0.2) is 0 Å². The number of nitrogens with one attached hydrogen (secondary N) is 3. The Kier molecular flexibility index (Phi) is 7.98. The summed E-state index contributed by atoms with van der Waals surface area (Å²) in [5.74, 6) is -0.575. The van der Waals surface area contributed by atoms with Crippen LogP contribution >= 0.6 is 0 Å². The summed E-state index contributed by atoms with van der Waals surface area (Å²) in [5, 5.41) is 7.93. The van der Waals surface area contributed by atoms with E-state index in [1.165, 1.54) is 0 Å². The summed E-state index contributed by atoms with van der Waals surface area (Å²) in [7, 11) is 0. The molecule has 0 aliphatic heterocycles. The smallest absolute Gasteiger partial charge is 0.408 e. The van der Waals surface area contributed by atoms with Crippen LogP contribution in [0, 0.1) is 6.92 Å². The van der Waals surface area contributed by atoms with Crippen LogP contribution in [0.5, 0.6) is 0 Å². The molecule has 2 aromatic rings. The molecule has 0 unspecified atom stereocenters. The van der Waals surface area contributed by atoms with Crippen LogP contribution < -0.4 is 16.0 Å². The van der Waals surface area contributed by atoms with Crippen LogP contribution in [-0.4, -0.2) is 30.1 Å². The van der Waals surface area contributed by atoms with E-state index < -0.39 is 17.6 Å². The number of rotatable bonds is 7. The summed E-state index contributed by atoms with van der Waals surface area (Å²) in [6, 6.07) is 14.9. The highest BCUT2D eigenvalue weighted by molar-refractivity contribution is 6.00. The third kappa shape index (κ3) is 7.95. The topological polar surface area (TPSA) is 96.5 Å². The normalized spacial score (nSPS) is 10.8. The number of anilines is 2. The number of hydrogen-bond donors (Lipinski definition) is 3. The molecule has 0 saturated carbocycles. The van der Waals surface area contributed by atoms with Crippen LogP contribution in [-0.2, 0) is 20.7 Å². The zero-order chi connectivity index (χ0) is 22.1. The molecule has 7 nitrogen and oxygen atoms in total. The van der Waals surface area contributed by atoms with E-state index in [-0.39, 0.29) is 12.5 Å². The van der Waals surface area contributed by atoms with Crippen LogP contribution in [0.4, 0.5) is 16.2 Å². The zero-order valence-electron chi connectivity index (χ0n) is 17.9. The number of ether oxygens (including phenoxy) is 1. The van der Waals surface area contributed by atoms with Gasteiger partial charge in [-0.2, -0.15) is 0 Å². The minimum absolute atomic E-state index is 0.146. The van der Waals surface area contributed by atoms with Crippen molar-refractivity contribution >= 4 is 29.3 Å². The average Bonchev–Trinajstić information content (AvgIpc) is 2.66. The zero-order valence-corrected chi connectivity index (χ0v) is 17.9. The van der Waals surface area contributed by atoms with E-state index in [2.05, 4.69) is 16.0 Å². The van der Waals surface area contributed by atoms with Gasteiger partial charge in [-0.15, -0.1) is 0 Å². The van der Waals surface area contributed by atoms with Gasteiger partial charge in [0, 0.05) is 6.42 Å². The Morgan fingerprint density at radius 2 is 1.43 bits per heavy atom. The van der Waals surface area contributed by atoms with E-state index >= 15 is 0 Å². The Bertz CT molecular complexity index is 903. The highest BCUT2D eigenvalue weighted by Gasteiger charge is 2.17. The molecule has 3 N–H and O–H groups in total. The summed E-state index contributed by atoms with van der Waals surface area (Å²) in [6.45, 7) is 6.99. The lowest BCUT2D eigenvalue weighted by molar-refractivity contribution is -0.116. The summed E-state index contributed by atoms with van der Waals surface area (Å²) >= 11 is 0.